The van der Waals surface area contributed by atoms with Gasteiger partial charge < -0.3 is 9.84 Å². The molecule has 154 valence electrons. The fourth-order valence-electron chi connectivity index (χ4n) is 4.28. The Labute approximate surface area is 171 Å². The summed E-state index contributed by atoms with van der Waals surface area (Å²) < 4.78 is 7.63. The molecule has 6 heteroatoms. The summed E-state index contributed by atoms with van der Waals surface area (Å²) in [5, 5.41) is 9.83. The van der Waals surface area contributed by atoms with E-state index in [-0.39, 0.29) is 11.6 Å². The van der Waals surface area contributed by atoms with Crippen molar-refractivity contribution in [2.75, 3.05) is 0 Å². The summed E-state index contributed by atoms with van der Waals surface area (Å²) in [6.45, 7) is 4.28. The number of nitrogens with zero attached hydrogens (tertiary/aromatic N) is 3. The highest BCUT2D eigenvalue weighted by Crippen LogP contribution is 2.33. The van der Waals surface area contributed by atoms with Crippen molar-refractivity contribution in [1.29, 1.82) is 0 Å². The number of aliphatic imine (C=N–C) groups is 1. The van der Waals surface area contributed by atoms with Gasteiger partial charge in [0.2, 0.25) is 0 Å². The molecule has 0 spiro atoms. The SMILES string of the molecule is CCCn1c(Oc2cccc(C(C)O)c2)nc2c(c1=O)CC(C1CCCCC1)=N2. The lowest BCUT2D eigenvalue weighted by Crippen LogP contribution is -2.27. The summed E-state index contributed by atoms with van der Waals surface area (Å²) in [6, 6.07) is 7.52. The first-order valence-corrected chi connectivity index (χ1v) is 10.7. The van der Waals surface area contributed by atoms with Crippen molar-refractivity contribution < 1.29 is 9.84 Å². The molecule has 2 aliphatic rings. The maximum Gasteiger partial charge on any atom is 0.306 e. The molecule has 6 nitrogen and oxygen atoms in total. The lowest BCUT2D eigenvalue weighted by atomic mass is 9.84. The highest BCUT2D eigenvalue weighted by molar-refractivity contribution is 5.94. The number of aliphatic hydroxyl groups is 1. The van der Waals surface area contributed by atoms with Gasteiger partial charge in [0, 0.05) is 18.7 Å². The molecule has 0 radical (unpaired) electrons. The molecule has 1 atom stereocenters. The number of aromatic nitrogens is 2. The third kappa shape index (κ3) is 4.13. The predicted molar refractivity (Wildman–Crippen MR) is 113 cm³/mol. The second kappa shape index (κ2) is 8.49. The van der Waals surface area contributed by atoms with E-state index >= 15 is 0 Å². The van der Waals surface area contributed by atoms with E-state index in [4.69, 9.17) is 9.73 Å². The summed E-state index contributed by atoms with van der Waals surface area (Å²) in [6.07, 6.45) is 6.92. The molecular formula is C23H29N3O3. The molecule has 1 aromatic carbocycles. The molecule has 1 aliphatic carbocycles. The average molecular weight is 396 g/mol. The smallest absolute Gasteiger partial charge is 0.306 e. The summed E-state index contributed by atoms with van der Waals surface area (Å²) in [5.74, 6) is 1.54. The Morgan fingerprint density at radius 2 is 2.07 bits per heavy atom. The van der Waals surface area contributed by atoms with E-state index < -0.39 is 6.10 Å². The molecule has 0 saturated heterocycles. The number of fused-ring (bicyclic) bond motifs is 1. The zero-order valence-corrected chi connectivity index (χ0v) is 17.2. The maximum atomic E-state index is 13.2. The summed E-state index contributed by atoms with van der Waals surface area (Å²) in [7, 11) is 0. The Hall–Kier alpha value is -2.47. The van der Waals surface area contributed by atoms with E-state index in [0.29, 0.717) is 36.0 Å². The van der Waals surface area contributed by atoms with Gasteiger partial charge in [-0.25, -0.2) is 4.99 Å². The molecule has 1 N–H and O–H groups in total. The minimum atomic E-state index is -0.591. The summed E-state index contributed by atoms with van der Waals surface area (Å²) in [4.78, 5) is 22.6. The van der Waals surface area contributed by atoms with Crippen LogP contribution in [0.1, 0.15) is 69.6 Å². The quantitative estimate of drug-likeness (QED) is 0.769. The van der Waals surface area contributed by atoms with Crippen LogP contribution in [0.4, 0.5) is 5.82 Å². The Balaban J connectivity index is 1.68. The van der Waals surface area contributed by atoms with Gasteiger partial charge in [-0.15, -0.1) is 0 Å². The normalized spacial score (nSPS) is 17.7. The van der Waals surface area contributed by atoms with Crippen molar-refractivity contribution in [3.63, 3.8) is 0 Å². The molecule has 1 saturated carbocycles. The molecule has 29 heavy (non-hydrogen) atoms. The molecule has 2 aromatic rings. The minimum absolute atomic E-state index is 0.0481. The van der Waals surface area contributed by atoms with Crippen LogP contribution in [0.5, 0.6) is 11.8 Å². The standard InChI is InChI=1S/C23H29N3O3/c1-3-12-26-22(28)19-14-20(16-8-5-4-6-9-16)24-21(19)25-23(26)29-18-11-7-10-17(13-18)15(2)27/h7,10-11,13,15-16,27H,3-6,8-9,12,14H2,1-2H3. The van der Waals surface area contributed by atoms with Gasteiger partial charge in [0.05, 0.1) is 11.7 Å². The van der Waals surface area contributed by atoms with Crippen molar-refractivity contribution >= 4 is 11.5 Å². The van der Waals surface area contributed by atoms with Crippen LogP contribution in [0, 0.1) is 5.92 Å². The van der Waals surface area contributed by atoms with Crippen molar-refractivity contribution in [1.82, 2.24) is 9.55 Å². The Morgan fingerprint density at radius 3 is 2.79 bits per heavy atom. The molecule has 0 amide bonds. The maximum absolute atomic E-state index is 13.2. The lowest BCUT2D eigenvalue weighted by molar-refractivity contribution is 0.199. The first-order chi connectivity index (χ1) is 14.1. The highest BCUT2D eigenvalue weighted by Gasteiger charge is 2.29. The van der Waals surface area contributed by atoms with Gasteiger partial charge in [-0.1, -0.05) is 38.3 Å². The third-order valence-electron chi connectivity index (χ3n) is 5.89. The Morgan fingerprint density at radius 1 is 1.28 bits per heavy atom. The zero-order chi connectivity index (χ0) is 20.4. The molecule has 0 bridgehead atoms. The molecule has 2 heterocycles. The monoisotopic (exact) mass is 395 g/mol. The van der Waals surface area contributed by atoms with Gasteiger partial charge in [0.1, 0.15) is 5.75 Å². The number of aliphatic hydroxyl groups excluding tert-OH is 1. The van der Waals surface area contributed by atoms with Gasteiger partial charge in [0.15, 0.2) is 5.82 Å². The van der Waals surface area contributed by atoms with E-state index in [1.165, 1.54) is 19.3 Å². The fourth-order valence-corrected chi connectivity index (χ4v) is 4.28. The summed E-state index contributed by atoms with van der Waals surface area (Å²) >= 11 is 0. The van der Waals surface area contributed by atoms with Gasteiger partial charge in [0.25, 0.3) is 5.56 Å². The molecule has 1 aliphatic heterocycles. The summed E-state index contributed by atoms with van der Waals surface area (Å²) in [5.41, 5.74) is 2.52. The number of hydrogen-bond donors (Lipinski definition) is 1. The average Bonchev–Trinajstić information content (AvgIpc) is 3.16. The number of benzene rings is 1. The predicted octanol–water partition coefficient (Wildman–Crippen LogP) is 4.71. The first-order valence-electron chi connectivity index (χ1n) is 10.7. The van der Waals surface area contributed by atoms with Crippen LogP contribution < -0.4 is 10.3 Å². The van der Waals surface area contributed by atoms with E-state index in [1.54, 1.807) is 23.6 Å². The molecule has 1 fully saturated rings. The van der Waals surface area contributed by atoms with Gasteiger partial charge in [-0.2, -0.15) is 4.98 Å². The van der Waals surface area contributed by atoms with Gasteiger partial charge in [-0.3, -0.25) is 9.36 Å². The van der Waals surface area contributed by atoms with Gasteiger partial charge >= 0.3 is 6.01 Å². The second-order valence-electron chi connectivity index (χ2n) is 8.12. The first kappa shape index (κ1) is 19.8. The number of hydrogen-bond acceptors (Lipinski definition) is 5. The Kier molecular flexibility index (Phi) is 5.81. The largest absolute Gasteiger partial charge is 0.425 e. The molecular weight excluding hydrogens is 366 g/mol. The highest BCUT2D eigenvalue weighted by atomic mass is 16.5. The van der Waals surface area contributed by atoms with Crippen LogP contribution in [0.2, 0.25) is 0 Å². The van der Waals surface area contributed by atoms with E-state index in [0.717, 1.165) is 30.5 Å². The van der Waals surface area contributed by atoms with Crippen molar-refractivity contribution in [3.8, 4) is 11.8 Å². The topological polar surface area (TPSA) is 76.7 Å². The molecule has 4 rings (SSSR count). The van der Waals surface area contributed by atoms with Crippen LogP contribution in [-0.2, 0) is 13.0 Å². The van der Waals surface area contributed by atoms with Crippen molar-refractivity contribution in [2.45, 2.75) is 71.4 Å². The van der Waals surface area contributed by atoms with Crippen LogP contribution in [0.15, 0.2) is 34.1 Å². The van der Waals surface area contributed by atoms with Gasteiger partial charge in [-0.05, 0) is 49.8 Å². The van der Waals surface area contributed by atoms with Crippen LogP contribution in [-0.4, -0.2) is 20.4 Å². The van der Waals surface area contributed by atoms with Crippen LogP contribution in [0.3, 0.4) is 0 Å². The lowest BCUT2D eigenvalue weighted by Gasteiger charge is -2.21. The molecule has 1 aromatic heterocycles. The van der Waals surface area contributed by atoms with E-state index in [2.05, 4.69) is 4.98 Å². The number of rotatable bonds is 6. The fraction of sp³-hybridized carbons (Fsp3) is 0.522. The van der Waals surface area contributed by atoms with Crippen molar-refractivity contribution in [2.24, 2.45) is 10.9 Å². The van der Waals surface area contributed by atoms with Crippen LogP contribution in [0.25, 0.3) is 0 Å². The Bertz CT molecular complexity index is 972. The van der Waals surface area contributed by atoms with Crippen molar-refractivity contribution in [3.05, 3.63) is 45.7 Å². The number of ether oxygens (including phenoxy) is 1. The van der Waals surface area contributed by atoms with E-state index in [1.807, 2.05) is 19.1 Å². The zero-order valence-electron chi connectivity index (χ0n) is 17.2. The van der Waals surface area contributed by atoms with Crippen LogP contribution >= 0.6 is 0 Å². The minimum Gasteiger partial charge on any atom is -0.425 e. The second-order valence-corrected chi connectivity index (χ2v) is 8.12. The van der Waals surface area contributed by atoms with E-state index in [9.17, 15) is 9.90 Å². The third-order valence-corrected chi connectivity index (χ3v) is 5.89. The molecule has 1 unspecified atom stereocenters.